The van der Waals surface area contributed by atoms with Crippen molar-refractivity contribution in [3.05, 3.63) is 29.8 Å². The molecule has 0 spiro atoms. The minimum Gasteiger partial charge on any atom is -0.207 e. The van der Waals surface area contributed by atoms with E-state index in [1.165, 1.54) is 0 Å². The van der Waals surface area contributed by atoms with E-state index < -0.39 is 17.4 Å². The maximum atomic E-state index is 12.4. The summed E-state index contributed by atoms with van der Waals surface area (Å²) in [6, 6.07) is 2.36. The summed E-state index contributed by atoms with van der Waals surface area (Å²) >= 11 is 0.113. The van der Waals surface area contributed by atoms with Crippen LogP contribution in [0.3, 0.4) is 0 Å². The van der Waals surface area contributed by atoms with Gasteiger partial charge in [0.15, 0.2) is 0 Å². The average Bonchev–Trinajstić information content (AvgIpc) is 1.81. The SMILES string of the molecule is Fc1cc(F)cc(SC(F)F)c1. The van der Waals surface area contributed by atoms with Gasteiger partial charge in [-0.3, -0.25) is 0 Å². The zero-order valence-corrected chi connectivity index (χ0v) is 6.55. The van der Waals surface area contributed by atoms with Crippen molar-refractivity contribution in [1.82, 2.24) is 0 Å². The second-order valence-electron chi connectivity index (χ2n) is 1.98. The molecule has 5 heteroatoms. The average molecular weight is 196 g/mol. The molecular formula is C7H4F4S. The number of benzene rings is 1. The van der Waals surface area contributed by atoms with E-state index in [0.29, 0.717) is 6.07 Å². The van der Waals surface area contributed by atoms with Crippen LogP contribution in [0.4, 0.5) is 17.6 Å². The van der Waals surface area contributed by atoms with Gasteiger partial charge in [0.05, 0.1) is 0 Å². The number of hydrogen-bond donors (Lipinski definition) is 0. The highest BCUT2D eigenvalue weighted by Crippen LogP contribution is 2.26. The molecule has 0 bridgehead atoms. The van der Waals surface area contributed by atoms with Gasteiger partial charge in [-0.05, 0) is 12.1 Å². The summed E-state index contributed by atoms with van der Waals surface area (Å²) in [5.74, 6) is -4.36. The molecule has 0 unspecified atom stereocenters. The molecule has 0 N–H and O–H groups in total. The normalized spacial score (nSPS) is 10.8. The first kappa shape index (κ1) is 9.38. The van der Waals surface area contributed by atoms with Crippen molar-refractivity contribution in [3.63, 3.8) is 0 Å². The van der Waals surface area contributed by atoms with Crippen LogP contribution in [0, 0.1) is 11.6 Å². The first-order valence-corrected chi connectivity index (χ1v) is 3.87. The molecule has 12 heavy (non-hydrogen) atoms. The first-order chi connectivity index (χ1) is 5.58. The monoisotopic (exact) mass is 196 g/mol. The van der Waals surface area contributed by atoms with E-state index >= 15 is 0 Å². The first-order valence-electron chi connectivity index (χ1n) is 2.99. The van der Waals surface area contributed by atoms with Gasteiger partial charge in [0.2, 0.25) is 0 Å². The molecule has 0 aliphatic heterocycles. The summed E-state index contributed by atoms with van der Waals surface area (Å²) in [6.45, 7) is 0. The van der Waals surface area contributed by atoms with E-state index in [-0.39, 0.29) is 16.7 Å². The molecular weight excluding hydrogens is 192 g/mol. The molecule has 0 aliphatic rings. The van der Waals surface area contributed by atoms with Crippen molar-refractivity contribution in [2.24, 2.45) is 0 Å². The fourth-order valence-corrected chi connectivity index (χ4v) is 1.27. The van der Waals surface area contributed by atoms with Crippen LogP contribution in [0.2, 0.25) is 0 Å². The maximum absolute atomic E-state index is 12.4. The lowest BCUT2D eigenvalue weighted by Gasteiger charge is -1.99. The van der Waals surface area contributed by atoms with Gasteiger partial charge in [-0.2, -0.15) is 8.78 Å². The minimum atomic E-state index is -2.66. The van der Waals surface area contributed by atoms with Crippen LogP contribution in [0.15, 0.2) is 23.1 Å². The zero-order valence-electron chi connectivity index (χ0n) is 5.73. The Balaban J connectivity index is 2.85. The predicted molar refractivity (Wildman–Crippen MR) is 38.2 cm³/mol. The van der Waals surface area contributed by atoms with Crippen LogP contribution in [0.1, 0.15) is 0 Å². The second-order valence-corrected chi connectivity index (χ2v) is 3.05. The molecule has 0 fully saturated rings. The largest absolute Gasteiger partial charge is 0.288 e. The third-order valence-electron chi connectivity index (χ3n) is 1.06. The van der Waals surface area contributed by atoms with Gasteiger partial charge in [0.1, 0.15) is 11.6 Å². The van der Waals surface area contributed by atoms with Crippen molar-refractivity contribution in [1.29, 1.82) is 0 Å². The zero-order chi connectivity index (χ0) is 9.14. The maximum Gasteiger partial charge on any atom is 0.288 e. The van der Waals surface area contributed by atoms with Crippen molar-refractivity contribution in [2.45, 2.75) is 10.7 Å². The summed E-state index contributed by atoms with van der Waals surface area (Å²) in [5, 5.41) is 0. The lowest BCUT2D eigenvalue weighted by molar-refractivity contribution is 0.252. The number of hydrogen-bond acceptors (Lipinski definition) is 1. The van der Waals surface area contributed by atoms with Crippen LogP contribution >= 0.6 is 11.8 Å². The van der Waals surface area contributed by atoms with Crippen molar-refractivity contribution >= 4 is 11.8 Å². The molecule has 0 nitrogen and oxygen atoms in total. The highest BCUT2D eigenvalue weighted by molar-refractivity contribution is 7.99. The Morgan fingerprint density at radius 2 is 1.50 bits per heavy atom. The van der Waals surface area contributed by atoms with E-state index in [0.717, 1.165) is 12.1 Å². The van der Waals surface area contributed by atoms with E-state index in [9.17, 15) is 17.6 Å². The second kappa shape index (κ2) is 3.80. The Labute approximate surface area is 70.6 Å². The number of halogens is 4. The smallest absolute Gasteiger partial charge is 0.207 e. The van der Waals surface area contributed by atoms with Gasteiger partial charge >= 0.3 is 0 Å². The summed E-state index contributed by atoms with van der Waals surface area (Å²) in [4.78, 5) is -0.109. The summed E-state index contributed by atoms with van der Waals surface area (Å²) in [6.07, 6.45) is 0. The molecule has 1 aromatic rings. The van der Waals surface area contributed by atoms with Crippen LogP contribution in [-0.2, 0) is 0 Å². The standard InChI is InChI=1S/C7H4F4S/c8-4-1-5(9)3-6(2-4)12-7(10)11/h1-3,7H. The van der Waals surface area contributed by atoms with Gasteiger partial charge in [-0.1, -0.05) is 11.8 Å². The molecule has 0 aliphatic carbocycles. The summed E-state index contributed by atoms with van der Waals surface area (Å²) in [5.41, 5.74) is 0. The Kier molecular flexibility index (Phi) is 2.97. The molecule has 0 radical (unpaired) electrons. The highest BCUT2D eigenvalue weighted by Gasteiger charge is 2.07. The lowest BCUT2D eigenvalue weighted by atomic mass is 10.3. The Hall–Kier alpha value is -0.710. The Bertz CT molecular complexity index is 254. The van der Waals surface area contributed by atoms with Gasteiger partial charge in [-0.15, -0.1) is 0 Å². The Morgan fingerprint density at radius 3 is 1.92 bits per heavy atom. The van der Waals surface area contributed by atoms with E-state index in [2.05, 4.69) is 0 Å². The number of rotatable bonds is 2. The predicted octanol–water partition coefficient (Wildman–Crippen LogP) is 3.28. The number of alkyl halides is 2. The molecule has 66 valence electrons. The van der Waals surface area contributed by atoms with Crippen LogP contribution in [-0.4, -0.2) is 5.76 Å². The van der Waals surface area contributed by atoms with E-state index in [1.807, 2.05) is 0 Å². The molecule has 0 atom stereocenters. The minimum absolute atomic E-state index is 0.109. The fraction of sp³-hybridized carbons (Fsp3) is 0.143. The van der Waals surface area contributed by atoms with Crippen molar-refractivity contribution < 1.29 is 17.6 Å². The molecule has 0 heterocycles. The Morgan fingerprint density at radius 1 is 1.00 bits per heavy atom. The van der Waals surface area contributed by atoms with Crippen LogP contribution in [0.5, 0.6) is 0 Å². The summed E-state index contributed by atoms with van der Waals surface area (Å²) < 4.78 is 48.2. The van der Waals surface area contributed by atoms with Gasteiger partial charge < -0.3 is 0 Å². The molecule has 0 aromatic heterocycles. The lowest BCUT2D eigenvalue weighted by Crippen LogP contribution is -1.85. The van der Waals surface area contributed by atoms with Crippen LogP contribution in [0.25, 0.3) is 0 Å². The topological polar surface area (TPSA) is 0 Å². The molecule has 0 saturated heterocycles. The molecule has 1 rings (SSSR count). The van der Waals surface area contributed by atoms with Crippen LogP contribution < -0.4 is 0 Å². The van der Waals surface area contributed by atoms with Gasteiger partial charge in [0, 0.05) is 11.0 Å². The number of thioether (sulfide) groups is 1. The quantitative estimate of drug-likeness (QED) is 0.516. The van der Waals surface area contributed by atoms with Gasteiger partial charge in [-0.25, -0.2) is 8.78 Å². The third-order valence-corrected chi connectivity index (χ3v) is 1.75. The molecule has 1 aromatic carbocycles. The van der Waals surface area contributed by atoms with E-state index in [1.54, 1.807) is 0 Å². The third kappa shape index (κ3) is 2.73. The fourth-order valence-electron chi connectivity index (χ4n) is 0.699. The highest BCUT2D eigenvalue weighted by atomic mass is 32.2. The molecule has 0 saturated carbocycles. The van der Waals surface area contributed by atoms with E-state index in [4.69, 9.17) is 0 Å². The van der Waals surface area contributed by atoms with Gasteiger partial charge in [0.25, 0.3) is 5.76 Å². The van der Waals surface area contributed by atoms with Crippen molar-refractivity contribution in [3.8, 4) is 0 Å². The summed E-state index contributed by atoms with van der Waals surface area (Å²) in [7, 11) is 0. The molecule has 0 amide bonds. The van der Waals surface area contributed by atoms with Crippen molar-refractivity contribution in [2.75, 3.05) is 0 Å².